The van der Waals surface area contributed by atoms with E-state index in [0.29, 0.717) is 11.4 Å². The van der Waals surface area contributed by atoms with Gasteiger partial charge in [0.25, 0.3) is 0 Å². The van der Waals surface area contributed by atoms with E-state index in [1.807, 2.05) is 10.9 Å². The second-order valence-corrected chi connectivity index (χ2v) is 5.98. The summed E-state index contributed by atoms with van der Waals surface area (Å²) in [6.07, 6.45) is 4.82. The van der Waals surface area contributed by atoms with Gasteiger partial charge in [-0.25, -0.2) is 10.9 Å². The molecule has 12 nitrogen and oxygen atoms in total. The van der Waals surface area contributed by atoms with E-state index in [1.54, 1.807) is 13.8 Å². The molecule has 2 rings (SSSR count). The minimum atomic E-state index is -1.16. The summed E-state index contributed by atoms with van der Waals surface area (Å²) >= 11 is 0. The van der Waals surface area contributed by atoms with Gasteiger partial charge in [0.15, 0.2) is 0 Å². The second kappa shape index (κ2) is 10.0. The highest BCUT2D eigenvalue weighted by Gasteiger charge is 2.14. The van der Waals surface area contributed by atoms with Crippen molar-refractivity contribution in [2.75, 3.05) is 0 Å². The van der Waals surface area contributed by atoms with Crippen molar-refractivity contribution in [1.82, 2.24) is 20.8 Å². The Bertz CT molecular complexity index is 939. The number of nitrogens with one attached hydrogen (secondary N) is 2. The minimum absolute atomic E-state index is 0.142. The molecule has 2 aromatic heterocycles. The van der Waals surface area contributed by atoms with Crippen LogP contribution in [0.4, 0.5) is 0 Å². The fourth-order valence-electron chi connectivity index (χ4n) is 2.26. The molecule has 0 radical (unpaired) electrons. The van der Waals surface area contributed by atoms with Crippen molar-refractivity contribution in [2.45, 2.75) is 27.1 Å². The first-order valence-electron chi connectivity index (χ1n) is 8.53. The smallest absolute Gasteiger partial charge is 0.331 e. The van der Waals surface area contributed by atoms with Gasteiger partial charge in [0.05, 0.1) is 37.0 Å². The normalized spacial score (nSPS) is 11.2. The van der Waals surface area contributed by atoms with Crippen molar-refractivity contribution in [2.24, 2.45) is 10.2 Å². The van der Waals surface area contributed by atoms with Crippen molar-refractivity contribution >= 4 is 24.2 Å². The maximum Gasteiger partial charge on any atom is 0.331 e. The molecule has 0 saturated heterocycles. The minimum Gasteiger partial charge on any atom is -0.505 e. The van der Waals surface area contributed by atoms with Crippen LogP contribution in [-0.4, -0.2) is 54.6 Å². The molecule has 2 heterocycles. The van der Waals surface area contributed by atoms with E-state index in [-0.39, 0.29) is 33.8 Å². The van der Waals surface area contributed by atoms with E-state index in [0.717, 1.165) is 12.4 Å². The van der Waals surface area contributed by atoms with Crippen LogP contribution >= 0.6 is 0 Å². The predicted molar refractivity (Wildman–Crippen MR) is 105 cm³/mol. The van der Waals surface area contributed by atoms with Gasteiger partial charge in [-0.15, -0.1) is 0 Å². The van der Waals surface area contributed by atoms with Gasteiger partial charge in [-0.2, -0.15) is 10.2 Å². The Morgan fingerprint density at radius 1 is 0.867 bits per heavy atom. The lowest BCUT2D eigenvalue weighted by Crippen LogP contribution is -2.35. The van der Waals surface area contributed by atoms with E-state index in [9.17, 15) is 30.0 Å². The fraction of sp³-hybridized carbons (Fsp3) is 0.222. The zero-order valence-corrected chi connectivity index (χ0v) is 16.1. The van der Waals surface area contributed by atoms with Gasteiger partial charge in [-0.1, -0.05) is 0 Å². The molecular weight excluding hydrogens is 396 g/mol. The summed E-state index contributed by atoms with van der Waals surface area (Å²) in [5.74, 6) is -2.75. The number of hydrogen-bond acceptors (Lipinski definition) is 10. The summed E-state index contributed by atoms with van der Waals surface area (Å²) in [5.41, 5.74) is 5.33. The molecule has 0 aliphatic heterocycles. The van der Waals surface area contributed by atoms with Crippen LogP contribution in [-0.2, 0) is 22.8 Å². The number of aromatic nitrogens is 2. The van der Waals surface area contributed by atoms with Gasteiger partial charge in [0, 0.05) is 34.6 Å². The monoisotopic (exact) mass is 416 g/mol. The summed E-state index contributed by atoms with van der Waals surface area (Å²) in [6.45, 7) is 2.26. The molecule has 158 valence electrons. The maximum absolute atomic E-state index is 11.8. The van der Waals surface area contributed by atoms with Crippen molar-refractivity contribution in [1.29, 1.82) is 0 Å². The Balaban J connectivity index is 2.03. The first-order chi connectivity index (χ1) is 14.3. The number of carbonyl (C=O) groups excluding carboxylic acids is 2. The molecule has 0 aliphatic carbocycles. The third kappa shape index (κ3) is 5.12. The molecular formula is C18H20N6O6. The predicted octanol–water partition coefficient (Wildman–Crippen LogP) is -0.910. The Labute approximate surface area is 170 Å². The number of nitrogens with zero attached hydrogens (tertiary/aromatic N) is 4. The Hall–Kier alpha value is -3.90. The third-order valence-electron chi connectivity index (χ3n) is 3.98. The highest BCUT2D eigenvalue weighted by molar-refractivity contribution is 6.35. The van der Waals surface area contributed by atoms with Crippen molar-refractivity contribution < 1.29 is 30.0 Å². The van der Waals surface area contributed by atoms with Crippen LogP contribution < -0.4 is 10.9 Å². The molecule has 0 spiro atoms. The molecule has 0 saturated carbocycles. The van der Waals surface area contributed by atoms with Crippen LogP contribution in [0.3, 0.4) is 0 Å². The fourth-order valence-corrected chi connectivity index (χ4v) is 2.26. The van der Waals surface area contributed by atoms with Gasteiger partial charge < -0.3 is 20.4 Å². The molecule has 0 fully saturated rings. The molecule has 6 N–H and O–H groups in total. The molecule has 2 amide bonds. The zero-order valence-electron chi connectivity index (χ0n) is 16.1. The van der Waals surface area contributed by atoms with Gasteiger partial charge in [-0.3, -0.25) is 19.6 Å². The first kappa shape index (κ1) is 22.4. The van der Waals surface area contributed by atoms with Crippen LogP contribution in [0, 0.1) is 13.8 Å². The highest BCUT2D eigenvalue weighted by atomic mass is 16.3. The molecule has 0 bridgehead atoms. The van der Waals surface area contributed by atoms with E-state index in [4.69, 9.17) is 0 Å². The Morgan fingerprint density at radius 3 is 1.57 bits per heavy atom. The largest absolute Gasteiger partial charge is 0.505 e. The quantitative estimate of drug-likeness (QED) is 0.198. The summed E-state index contributed by atoms with van der Waals surface area (Å²) in [5, 5.41) is 45.7. The number of pyridine rings is 2. The molecule has 0 unspecified atom stereocenters. The number of aromatic hydroxyl groups is 2. The van der Waals surface area contributed by atoms with Crippen molar-refractivity contribution in [3.63, 3.8) is 0 Å². The first-order valence-corrected chi connectivity index (χ1v) is 8.53. The van der Waals surface area contributed by atoms with E-state index in [2.05, 4.69) is 20.2 Å². The molecule has 0 aliphatic rings. The van der Waals surface area contributed by atoms with Gasteiger partial charge in [-0.05, 0) is 13.8 Å². The zero-order chi connectivity index (χ0) is 22.3. The average Bonchev–Trinajstić information content (AvgIpc) is 2.74. The van der Waals surface area contributed by atoms with Crippen molar-refractivity contribution in [3.8, 4) is 11.5 Å². The van der Waals surface area contributed by atoms with Crippen LogP contribution in [0.15, 0.2) is 22.6 Å². The standard InChI is InChI=1S/C18H20N6O6/c1-9-15(27)13(11(7-25)3-19-9)5-21-23-17(29)18(30)24-22-6-14-12(8-26)4-20-10(2)16(14)28/h3-6,25-28H,7-8H2,1-2H3,(H,23,29)(H,24,30)/b21-5+,22-6+. The number of rotatable bonds is 6. The number of aliphatic hydroxyl groups is 2. The van der Waals surface area contributed by atoms with E-state index >= 15 is 0 Å². The number of aliphatic hydroxyl groups excluding tert-OH is 2. The SMILES string of the molecule is Cc1ncc(CO)c(/C=N/NC(=O)C(=O)N/N=C/c2c(CO)cnc(C)c2O)c1O. The molecule has 30 heavy (non-hydrogen) atoms. The summed E-state index contributed by atoms with van der Waals surface area (Å²) in [6, 6.07) is 0. The van der Waals surface area contributed by atoms with E-state index < -0.39 is 25.0 Å². The Morgan fingerprint density at radius 2 is 1.23 bits per heavy atom. The maximum atomic E-state index is 11.8. The number of aryl methyl sites for hydroxylation is 2. The topological polar surface area (TPSA) is 190 Å². The van der Waals surface area contributed by atoms with Crippen LogP contribution in [0.5, 0.6) is 11.5 Å². The second-order valence-electron chi connectivity index (χ2n) is 5.98. The summed E-state index contributed by atoms with van der Waals surface area (Å²) < 4.78 is 0. The van der Waals surface area contributed by atoms with Crippen molar-refractivity contribution in [3.05, 3.63) is 46.0 Å². The lowest BCUT2D eigenvalue weighted by atomic mass is 10.1. The Kier molecular flexibility index (Phi) is 7.50. The van der Waals surface area contributed by atoms with Crippen LogP contribution in [0.1, 0.15) is 33.6 Å². The summed E-state index contributed by atoms with van der Waals surface area (Å²) in [4.78, 5) is 31.4. The molecule has 12 heteroatoms. The molecule has 2 aromatic rings. The highest BCUT2D eigenvalue weighted by Crippen LogP contribution is 2.22. The average molecular weight is 416 g/mol. The van der Waals surface area contributed by atoms with Crippen LogP contribution in [0.2, 0.25) is 0 Å². The number of amides is 2. The third-order valence-corrected chi connectivity index (χ3v) is 3.98. The van der Waals surface area contributed by atoms with Gasteiger partial charge in [0.1, 0.15) is 11.5 Å². The van der Waals surface area contributed by atoms with E-state index in [1.165, 1.54) is 12.4 Å². The number of hydrazone groups is 2. The number of carbonyl (C=O) groups is 2. The molecule has 0 aromatic carbocycles. The van der Waals surface area contributed by atoms with Gasteiger partial charge >= 0.3 is 11.8 Å². The molecule has 0 atom stereocenters. The number of hydrogen-bond donors (Lipinski definition) is 6. The lowest BCUT2D eigenvalue weighted by Gasteiger charge is -2.07. The summed E-state index contributed by atoms with van der Waals surface area (Å²) in [7, 11) is 0. The van der Waals surface area contributed by atoms with Crippen LogP contribution in [0.25, 0.3) is 0 Å². The lowest BCUT2D eigenvalue weighted by molar-refractivity contribution is -0.139. The van der Waals surface area contributed by atoms with Gasteiger partial charge in [0.2, 0.25) is 0 Å².